The van der Waals surface area contributed by atoms with Crippen LogP contribution in [0.3, 0.4) is 0 Å². The molecule has 0 N–H and O–H groups in total. The Balaban J connectivity index is 1.14. The zero-order valence-electron chi connectivity index (χ0n) is 33.5. The van der Waals surface area contributed by atoms with Gasteiger partial charge < -0.3 is 4.57 Å². The molecule has 0 atom stereocenters. The van der Waals surface area contributed by atoms with E-state index in [9.17, 15) is 0 Å². The highest BCUT2D eigenvalue weighted by Crippen LogP contribution is 2.45. The first-order chi connectivity index (χ1) is 30.8. The average Bonchev–Trinajstić information content (AvgIpc) is 3.94. The Bertz CT molecular complexity index is 3880. The van der Waals surface area contributed by atoms with Crippen molar-refractivity contribution < 1.29 is 0 Å². The second-order valence-electron chi connectivity index (χ2n) is 16.0. The van der Waals surface area contributed by atoms with Crippen molar-refractivity contribution in [2.24, 2.45) is 0 Å². The van der Waals surface area contributed by atoms with E-state index in [4.69, 9.17) is 9.97 Å². The number of aromatic nitrogens is 4. The third-order valence-corrected chi connectivity index (χ3v) is 13.7. The van der Waals surface area contributed by atoms with Gasteiger partial charge >= 0.3 is 0 Å². The summed E-state index contributed by atoms with van der Waals surface area (Å²) in [6, 6.07) is 63.7. The molecule has 5 heteroatoms. The molecule has 12 aromatic rings. The third kappa shape index (κ3) is 5.32. The van der Waals surface area contributed by atoms with Gasteiger partial charge in [0.2, 0.25) is 0 Å². The van der Waals surface area contributed by atoms with Crippen molar-refractivity contribution in [1.29, 1.82) is 0 Å². The molecule has 0 bridgehead atoms. The number of benzene rings is 8. The van der Waals surface area contributed by atoms with Gasteiger partial charge in [0.1, 0.15) is 0 Å². The van der Waals surface area contributed by atoms with Gasteiger partial charge in [-0.15, -0.1) is 11.3 Å². The second-order valence-corrected chi connectivity index (χ2v) is 17.1. The first-order valence-corrected chi connectivity index (χ1v) is 22.0. The number of allylic oxidation sites excluding steroid dienone is 6. The lowest BCUT2D eigenvalue weighted by Crippen LogP contribution is -2.03. The van der Waals surface area contributed by atoms with E-state index in [1.807, 2.05) is 17.4 Å². The lowest BCUT2D eigenvalue weighted by Gasteiger charge is -2.15. The van der Waals surface area contributed by atoms with Gasteiger partial charge in [0.25, 0.3) is 0 Å². The summed E-state index contributed by atoms with van der Waals surface area (Å²) < 4.78 is 6.05. The molecule has 13 rings (SSSR count). The van der Waals surface area contributed by atoms with E-state index in [1.165, 1.54) is 69.5 Å². The standard InChI is InChI=1S/C57H36N4S/c1-2-6-18-37(17-5-1)51-35-40-29-32-48-52(55(40)62-51)57(59-56(58-48)38-19-7-3-8-20-38)61-50-33-30-39(34-47(50)46-31-28-36-16-11-12-23-42(36)54(46)61)43-25-15-26-45-44-24-13-14-27-49(44)60(53(43)45)41-21-9-4-10-22-41/h1-5,7-35H,6H2. The summed E-state index contributed by atoms with van der Waals surface area (Å²) in [7, 11) is 0. The van der Waals surface area contributed by atoms with Gasteiger partial charge in [-0.05, 0) is 70.8 Å². The van der Waals surface area contributed by atoms with Crippen molar-refractivity contribution in [3.63, 3.8) is 0 Å². The van der Waals surface area contributed by atoms with E-state index >= 15 is 0 Å². The Morgan fingerprint density at radius 2 is 1.26 bits per heavy atom. The number of thiophene rings is 1. The van der Waals surface area contributed by atoms with E-state index in [2.05, 4.69) is 209 Å². The monoisotopic (exact) mass is 808 g/mol. The average molecular weight is 809 g/mol. The van der Waals surface area contributed by atoms with Gasteiger partial charge in [0.15, 0.2) is 11.6 Å². The molecule has 0 saturated heterocycles. The van der Waals surface area contributed by atoms with E-state index < -0.39 is 0 Å². The van der Waals surface area contributed by atoms with Gasteiger partial charge in [-0.1, -0.05) is 164 Å². The van der Waals surface area contributed by atoms with Crippen molar-refractivity contribution in [2.45, 2.75) is 6.42 Å². The number of para-hydroxylation sites is 3. The summed E-state index contributed by atoms with van der Waals surface area (Å²) in [5.41, 5.74) is 11.3. The predicted octanol–water partition coefficient (Wildman–Crippen LogP) is 15.4. The maximum atomic E-state index is 5.62. The number of nitrogens with zero attached hydrogens (tertiary/aromatic N) is 4. The van der Waals surface area contributed by atoms with Crippen LogP contribution < -0.4 is 0 Å². The summed E-state index contributed by atoms with van der Waals surface area (Å²) in [5, 5.41) is 9.46. The number of hydrogen-bond donors (Lipinski definition) is 0. The topological polar surface area (TPSA) is 35.6 Å². The molecular formula is C57H36N4S. The minimum atomic E-state index is 0.706. The summed E-state index contributed by atoms with van der Waals surface area (Å²) in [6.07, 6.45) is 11.9. The normalized spacial score (nSPS) is 13.1. The number of rotatable bonds is 5. The highest BCUT2D eigenvalue weighted by molar-refractivity contribution is 7.21. The molecule has 0 saturated carbocycles. The molecule has 1 aliphatic carbocycles. The quantitative estimate of drug-likeness (QED) is 0.174. The minimum Gasteiger partial charge on any atom is -0.309 e. The molecule has 62 heavy (non-hydrogen) atoms. The fraction of sp³-hybridized carbons (Fsp3) is 0.0175. The van der Waals surface area contributed by atoms with E-state index in [1.54, 1.807) is 0 Å². The molecule has 4 heterocycles. The maximum Gasteiger partial charge on any atom is 0.162 e. The number of fused-ring (bicyclic) bond motifs is 11. The third-order valence-electron chi connectivity index (χ3n) is 12.5. The van der Waals surface area contributed by atoms with Crippen LogP contribution in [0.5, 0.6) is 0 Å². The van der Waals surface area contributed by atoms with Crippen LogP contribution in [0.1, 0.15) is 11.3 Å². The summed E-state index contributed by atoms with van der Waals surface area (Å²) in [4.78, 5) is 12.2. The molecule has 0 amide bonds. The highest BCUT2D eigenvalue weighted by atomic mass is 32.1. The Morgan fingerprint density at radius 3 is 2.16 bits per heavy atom. The summed E-state index contributed by atoms with van der Waals surface area (Å²) in [6.45, 7) is 0. The van der Waals surface area contributed by atoms with Gasteiger partial charge in [-0.3, -0.25) is 4.57 Å². The molecule has 0 aliphatic heterocycles. The smallest absolute Gasteiger partial charge is 0.162 e. The predicted molar refractivity (Wildman–Crippen MR) is 263 cm³/mol. The van der Waals surface area contributed by atoms with Crippen LogP contribution in [0.25, 0.3) is 115 Å². The van der Waals surface area contributed by atoms with Gasteiger partial charge in [0, 0.05) is 53.3 Å². The molecule has 0 radical (unpaired) electrons. The fourth-order valence-electron chi connectivity index (χ4n) is 9.74. The van der Waals surface area contributed by atoms with Crippen LogP contribution in [0.15, 0.2) is 206 Å². The fourth-order valence-corrected chi connectivity index (χ4v) is 11.0. The Labute approximate surface area is 361 Å². The summed E-state index contributed by atoms with van der Waals surface area (Å²) in [5.74, 6) is 1.59. The van der Waals surface area contributed by atoms with Crippen molar-refractivity contribution >= 4 is 92.3 Å². The van der Waals surface area contributed by atoms with Crippen LogP contribution in [0.2, 0.25) is 0 Å². The Hall–Kier alpha value is -7.86. The first-order valence-electron chi connectivity index (χ1n) is 21.1. The number of hydrogen-bond acceptors (Lipinski definition) is 3. The van der Waals surface area contributed by atoms with Crippen LogP contribution in [0, 0.1) is 0 Å². The Kier molecular flexibility index (Phi) is 7.81. The highest BCUT2D eigenvalue weighted by Gasteiger charge is 2.24. The zero-order chi connectivity index (χ0) is 40.7. The molecule has 8 aromatic carbocycles. The minimum absolute atomic E-state index is 0.706. The molecule has 4 aromatic heterocycles. The molecule has 0 spiro atoms. The maximum absolute atomic E-state index is 5.62. The van der Waals surface area contributed by atoms with Crippen molar-refractivity contribution in [2.75, 3.05) is 0 Å². The van der Waals surface area contributed by atoms with Crippen LogP contribution in [-0.4, -0.2) is 19.1 Å². The van der Waals surface area contributed by atoms with Gasteiger partial charge in [-0.2, -0.15) is 0 Å². The molecule has 4 nitrogen and oxygen atoms in total. The molecular weight excluding hydrogens is 773 g/mol. The van der Waals surface area contributed by atoms with Crippen LogP contribution in [0.4, 0.5) is 0 Å². The second kappa shape index (κ2) is 13.8. The van der Waals surface area contributed by atoms with Crippen molar-refractivity contribution in [1.82, 2.24) is 19.1 Å². The Morgan fingerprint density at radius 1 is 0.500 bits per heavy atom. The SMILES string of the molecule is C1=CCC=C(c2cc3ccc4nc(-c5ccccc5)nc(-n5c6ccc(-c7cccc8c9ccccc9n(-c9ccccc9)c78)cc6c6ccc7ccccc7c65)c4c3s2)C=C1. The molecule has 0 fully saturated rings. The molecule has 1 aliphatic rings. The van der Waals surface area contributed by atoms with E-state index in [0.717, 1.165) is 51.0 Å². The first kappa shape index (κ1) is 34.9. The summed E-state index contributed by atoms with van der Waals surface area (Å²) >= 11 is 1.83. The molecule has 290 valence electrons. The lowest BCUT2D eigenvalue weighted by molar-refractivity contribution is 1.08. The zero-order valence-corrected chi connectivity index (χ0v) is 34.4. The van der Waals surface area contributed by atoms with Crippen molar-refractivity contribution in [3.8, 4) is 34.0 Å². The van der Waals surface area contributed by atoms with Gasteiger partial charge in [-0.25, -0.2) is 9.97 Å². The van der Waals surface area contributed by atoms with Crippen LogP contribution >= 0.6 is 11.3 Å². The van der Waals surface area contributed by atoms with Crippen molar-refractivity contribution in [3.05, 3.63) is 211 Å². The van der Waals surface area contributed by atoms with E-state index in [0.29, 0.717) is 5.82 Å². The van der Waals surface area contributed by atoms with E-state index in [-0.39, 0.29) is 0 Å². The molecule has 0 unspecified atom stereocenters. The largest absolute Gasteiger partial charge is 0.309 e. The lowest BCUT2D eigenvalue weighted by atomic mass is 9.99. The van der Waals surface area contributed by atoms with Crippen LogP contribution in [-0.2, 0) is 0 Å². The van der Waals surface area contributed by atoms with Gasteiger partial charge in [0.05, 0.1) is 33.0 Å².